The lowest BCUT2D eigenvalue weighted by Crippen LogP contribution is -2.31. The summed E-state index contributed by atoms with van der Waals surface area (Å²) in [5, 5.41) is 3.05. The standard InChI is InChI=1S/C15H15N3O/c19-15(14-10-16-8-9-17-14)18-13-7-3-5-11-4-1-2-6-12(11)13/h1-2,4,6,8-10,13H,3,5,7H2,(H,18,19)/t13-/m0/s1. The van der Waals surface area contributed by atoms with Crippen LogP contribution in [0.5, 0.6) is 0 Å². The highest BCUT2D eigenvalue weighted by Gasteiger charge is 2.22. The Morgan fingerprint density at radius 2 is 2.16 bits per heavy atom. The van der Waals surface area contributed by atoms with Gasteiger partial charge in [0.05, 0.1) is 12.2 Å². The minimum atomic E-state index is -0.158. The summed E-state index contributed by atoms with van der Waals surface area (Å²) in [5.74, 6) is -0.158. The molecule has 1 aromatic carbocycles. The minimum Gasteiger partial charge on any atom is -0.344 e. The Kier molecular flexibility index (Phi) is 3.23. The zero-order valence-corrected chi connectivity index (χ0v) is 10.5. The minimum absolute atomic E-state index is 0.0828. The first-order valence-corrected chi connectivity index (χ1v) is 6.49. The van der Waals surface area contributed by atoms with Crippen LogP contribution in [-0.2, 0) is 6.42 Å². The monoisotopic (exact) mass is 253 g/mol. The Morgan fingerprint density at radius 1 is 1.26 bits per heavy atom. The summed E-state index contributed by atoms with van der Waals surface area (Å²) in [7, 11) is 0. The van der Waals surface area contributed by atoms with Gasteiger partial charge in [0.2, 0.25) is 0 Å². The molecule has 0 bridgehead atoms. The molecule has 19 heavy (non-hydrogen) atoms. The van der Waals surface area contributed by atoms with Crippen molar-refractivity contribution in [3.05, 3.63) is 59.7 Å². The van der Waals surface area contributed by atoms with Gasteiger partial charge in [-0.25, -0.2) is 4.98 Å². The second-order valence-electron chi connectivity index (χ2n) is 4.71. The molecule has 3 rings (SSSR count). The van der Waals surface area contributed by atoms with Crippen LogP contribution in [0.3, 0.4) is 0 Å². The van der Waals surface area contributed by atoms with Gasteiger partial charge in [-0.2, -0.15) is 0 Å². The van der Waals surface area contributed by atoms with Crippen LogP contribution in [0, 0.1) is 0 Å². The third-order valence-electron chi connectivity index (χ3n) is 3.47. The number of carbonyl (C=O) groups excluding carboxylic acids is 1. The van der Waals surface area contributed by atoms with E-state index in [9.17, 15) is 4.79 Å². The lowest BCUT2D eigenvalue weighted by molar-refractivity contribution is 0.0927. The number of aromatic nitrogens is 2. The molecule has 1 amide bonds. The van der Waals surface area contributed by atoms with Crippen molar-refractivity contribution in [2.45, 2.75) is 25.3 Å². The van der Waals surface area contributed by atoms with E-state index in [2.05, 4.69) is 27.4 Å². The highest BCUT2D eigenvalue weighted by atomic mass is 16.1. The molecule has 4 nitrogen and oxygen atoms in total. The van der Waals surface area contributed by atoms with Gasteiger partial charge in [0.25, 0.3) is 5.91 Å². The Balaban J connectivity index is 1.80. The molecule has 2 aromatic rings. The van der Waals surface area contributed by atoms with E-state index in [1.807, 2.05) is 12.1 Å². The first-order chi connectivity index (χ1) is 9.34. The third-order valence-corrected chi connectivity index (χ3v) is 3.47. The predicted octanol–water partition coefficient (Wildman–Crippen LogP) is 2.28. The normalized spacial score (nSPS) is 17.6. The number of rotatable bonds is 2. The summed E-state index contributed by atoms with van der Waals surface area (Å²) < 4.78 is 0. The molecule has 0 aliphatic heterocycles. The molecule has 1 N–H and O–H groups in total. The van der Waals surface area contributed by atoms with Crippen LogP contribution in [-0.4, -0.2) is 15.9 Å². The zero-order valence-electron chi connectivity index (χ0n) is 10.5. The number of nitrogens with one attached hydrogen (secondary N) is 1. The first-order valence-electron chi connectivity index (χ1n) is 6.49. The number of amides is 1. The van der Waals surface area contributed by atoms with Crippen molar-refractivity contribution in [2.75, 3.05) is 0 Å². The van der Waals surface area contributed by atoms with Gasteiger partial charge in [-0.05, 0) is 30.4 Å². The second-order valence-corrected chi connectivity index (χ2v) is 4.71. The molecule has 1 heterocycles. The summed E-state index contributed by atoms with van der Waals surface area (Å²) >= 11 is 0. The maximum Gasteiger partial charge on any atom is 0.271 e. The molecule has 96 valence electrons. The molecule has 1 atom stereocenters. The summed E-state index contributed by atoms with van der Waals surface area (Å²) in [6, 6.07) is 8.38. The van der Waals surface area contributed by atoms with Crippen molar-refractivity contribution in [1.82, 2.24) is 15.3 Å². The molecule has 0 saturated carbocycles. The fourth-order valence-electron chi connectivity index (χ4n) is 2.55. The third kappa shape index (κ3) is 2.47. The lowest BCUT2D eigenvalue weighted by Gasteiger charge is -2.26. The van der Waals surface area contributed by atoms with Gasteiger partial charge in [-0.1, -0.05) is 24.3 Å². The molecule has 0 unspecified atom stereocenters. The summed E-state index contributed by atoms with van der Waals surface area (Å²) in [6.07, 6.45) is 7.75. The highest BCUT2D eigenvalue weighted by Crippen LogP contribution is 2.29. The molecule has 1 aliphatic rings. The molecule has 1 aromatic heterocycles. The Morgan fingerprint density at radius 3 is 3.00 bits per heavy atom. The van der Waals surface area contributed by atoms with E-state index < -0.39 is 0 Å². The predicted molar refractivity (Wildman–Crippen MR) is 71.6 cm³/mol. The van der Waals surface area contributed by atoms with Crippen LogP contribution in [0.4, 0.5) is 0 Å². The van der Waals surface area contributed by atoms with E-state index >= 15 is 0 Å². The van der Waals surface area contributed by atoms with Crippen LogP contribution in [0.25, 0.3) is 0 Å². The van der Waals surface area contributed by atoms with Crippen molar-refractivity contribution < 1.29 is 4.79 Å². The number of fused-ring (bicyclic) bond motifs is 1. The van der Waals surface area contributed by atoms with Crippen LogP contribution in [0.1, 0.15) is 40.5 Å². The van der Waals surface area contributed by atoms with Crippen molar-refractivity contribution in [3.63, 3.8) is 0 Å². The fourth-order valence-corrected chi connectivity index (χ4v) is 2.55. The largest absolute Gasteiger partial charge is 0.344 e. The Hall–Kier alpha value is -2.23. The van der Waals surface area contributed by atoms with Crippen LogP contribution >= 0.6 is 0 Å². The number of hydrogen-bond acceptors (Lipinski definition) is 3. The SMILES string of the molecule is O=C(N[C@H]1CCCc2ccccc21)c1cnccn1. The van der Waals surface area contributed by atoms with Crippen molar-refractivity contribution in [3.8, 4) is 0 Å². The number of hydrogen-bond donors (Lipinski definition) is 1. The molecular weight excluding hydrogens is 238 g/mol. The Labute approximate surface area is 111 Å². The number of benzene rings is 1. The highest BCUT2D eigenvalue weighted by molar-refractivity contribution is 5.92. The molecule has 0 radical (unpaired) electrons. The van der Waals surface area contributed by atoms with Gasteiger partial charge < -0.3 is 5.32 Å². The van der Waals surface area contributed by atoms with Crippen LogP contribution in [0.15, 0.2) is 42.9 Å². The average molecular weight is 253 g/mol. The van der Waals surface area contributed by atoms with Gasteiger partial charge in [0, 0.05) is 12.4 Å². The van der Waals surface area contributed by atoms with Gasteiger partial charge in [-0.15, -0.1) is 0 Å². The molecule has 1 aliphatic carbocycles. The van der Waals surface area contributed by atoms with E-state index in [1.165, 1.54) is 23.5 Å². The van der Waals surface area contributed by atoms with Gasteiger partial charge in [0.15, 0.2) is 0 Å². The van der Waals surface area contributed by atoms with Crippen molar-refractivity contribution >= 4 is 5.91 Å². The van der Waals surface area contributed by atoms with E-state index in [1.54, 1.807) is 6.20 Å². The second kappa shape index (κ2) is 5.18. The Bertz CT molecular complexity index is 583. The summed E-state index contributed by atoms with van der Waals surface area (Å²) in [4.78, 5) is 20.1. The first kappa shape index (κ1) is 11.8. The van der Waals surface area contributed by atoms with Crippen molar-refractivity contribution in [2.24, 2.45) is 0 Å². The van der Waals surface area contributed by atoms with Crippen molar-refractivity contribution in [1.29, 1.82) is 0 Å². The zero-order chi connectivity index (χ0) is 13.1. The van der Waals surface area contributed by atoms with Crippen LogP contribution in [0.2, 0.25) is 0 Å². The number of nitrogens with zero attached hydrogens (tertiary/aromatic N) is 2. The van der Waals surface area contributed by atoms with Gasteiger partial charge >= 0.3 is 0 Å². The molecular formula is C15H15N3O. The smallest absolute Gasteiger partial charge is 0.271 e. The maximum atomic E-state index is 12.1. The van der Waals surface area contributed by atoms with Crippen LogP contribution < -0.4 is 5.32 Å². The van der Waals surface area contributed by atoms with E-state index in [4.69, 9.17) is 0 Å². The fraction of sp³-hybridized carbons (Fsp3) is 0.267. The van der Waals surface area contributed by atoms with E-state index in [0.29, 0.717) is 5.69 Å². The van der Waals surface area contributed by atoms with E-state index in [0.717, 1.165) is 19.3 Å². The average Bonchev–Trinajstić information content (AvgIpc) is 2.48. The molecule has 0 spiro atoms. The van der Waals surface area contributed by atoms with E-state index in [-0.39, 0.29) is 11.9 Å². The van der Waals surface area contributed by atoms with Gasteiger partial charge in [0.1, 0.15) is 5.69 Å². The quantitative estimate of drug-likeness (QED) is 0.893. The number of carbonyl (C=O) groups is 1. The lowest BCUT2D eigenvalue weighted by atomic mass is 9.88. The number of aryl methyl sites for hydroxylation is 1. The molecule has 0 saturated heterocycles. The molecule has 4 heteroatoms. The maximum absolute atomic E-state index is 12.1. The summed E-state index contributed by atoms with van der Waals surface area (Å²) in [6.45, 7) is 0. The molecule has 0 fully saturated rings. The van der Waals surface area contributed by atoms with Gasteiger partial charge in [-0.3, -0.25) is 9.78 Å². The summed E-state index contributed by atoms with van der Waals surface area (Å²) in [5.41, 5.74) is 2.93. The topological polar surface area (TPSA) is 54.9 Å².